The first-order chi connectivity index (χ1) is 11.0. The molecule has 0 spiro atoms. The van der Waals surface area contributed by atoms with Gasteiger partial charge in [-0.05, 0) is 11.6 Å². The smallest absolute Gasteiger partial charge is 0.271 e. The van der Waals surface area contributed by atoms with Crippen LogP contribution in [-0.2, 0) is 0 Å². The molecule has 0 aliphatic heterocycles. The average molecular weight is 333 g/mol. The monoisotopic (exact) mass is 332 g/mol. The van der Waals surface area contributed by atoms with Crippen molar-refractivity contribution in [2.75, 3.05) is 5.43 Å². The van der Waals surface area contributed by atoms with Crippen LogP contribution in [0.2, 0.25) is 0 Å². The van der Waals surface area contributed by atoms with Gasteiger partial charge in [-0.3, -0.25) is 25.7 Å². The molecule has 0 radical (unpaired) electrons. The third-order valence-corrected chi connectivity index (χ3v) is 3.88. The Labute approximate surface area is 134 Å². The SMILES string of the molecule is O=[N+]([O-])c1ccc(N/N=C2\c3ccccc3[C@H]2Cl)c([N+](=O)[O-])c1. The molecule has 9 heteroatoms. The summed E-state index contributed by atoms with van der Waals surface area (Å²) < 4.78 is 0. The maximum absolute atomic E-state index is 11.1. The molecule has 8 nitrogen and oxygen atoms in total. The van der Waals surface area contributed by atoms with E-state index >= 15 is 0 Å². The number of non-ortho nitro benzene ring substituents is 1. The van der Waals surface area contributed by atoms with Crippen molar-refractivity contribution < 1.29 is 9.85 Å². The predicted molar refractivity (Wildman–Crippen MR) is 84.9 cm³/mol. The van der Waals surface area contributed by atoms with Gasteiger partial charge in [-0.15, -0.1) is 11.6 Å². The van der Waals surface area contributed by atoms with Gasteiger partial charge in [0.15, 0.2) is 0 Å². The Bertz CT molecular complexity index is 852. The van der Waals surface area contributed by atoms with Crippen LogP contribution in [0.4, 0.5) is 17.1 Å². The maximum Gasteiger partial charge on any atom is 0.301 e. The highest BCUT2D eigenvalue weighted by atomic mass is 35.5. The number of rotatable bonds is 4. The van der Waals surface area contributed by atoms with Crippen molar-refractivity contribution in [3.05, 3.63) is 73.8 Å². The molecule has 1 aliphatic carbocycles. The van der Waals surface area contributed by atoms with Crippen LogP contribution in [0.15, 0.2) is 47.6 Å². The second-order valence-corrected chi connectivity index (χ2v) is 5.21. The lowest BCUT2D eigenvalue weighted by Gasteiger charge is -2.26. The first-order valence-electron chi connectivity index (χ1n) is 6.49. The molecule has 0 aromatic heterocycles. The fraction of sp³-hybridized carbons (Fsp3) is 0.0714. The highest BCUT2D eigenvalue weighted by Gasteiger charge is 2.32. The van der Waals surface area contributed by atoms with Crippen LogP contribution < -0.4 is 5.43 Å². The van der Waals surface area contributed by atoms with E-state index in [0.29, 0.717) is 5.71 Å². The zero-order valence-corrected chi connectivity index (χ0v) is 12.2. The lowest BCUT2D eigenvalue weighted by Crippen LogP contribution is -2.24. The number of alkyl halides is 1. The molecule has 0 amide bonds. The highest BCUT2D eigenvalue weighted by Crippen LogP contribution is 2.39. The van der Waals surface area contributed by atoms with Gasteiger partial charge in [-0.1, -0.05) is 24.3 Å². The van der Waals surface area contributed by atoms with Gasteiger partial charge in [0.25, 0.3) is 5.69 Å². The molecule has 0 bridgehead atoms. The summed E-state index contributed by atoms with van der Waals surface area (Å²) in [4.78, 5) is 20.4. The summed E-state index contributed by atoms with van der Waals surface area (Å²) in [6, 6.07) is 10.7. The van der Waals surface area contributed by atoms with Gasteiger partial charge in [0, 0.05) is 11.6 Å². The number of halogens is 1. The second kappa shape index (κ2) is 5.65. The van der Waals surface area contributed by atoms with Gasteiger partial charge in [-0.25, -0.2) is 0 Å². The second-order valence-electron chi connectivity index (χ2n) is 4.77. The Hall–Kier alpha value is -3.00. The molecule has 1 aliphatic rings. The zero-order valence-electron chi connectivity index (χ0n) is 11.5. The van der Waals surface area contributed by atoms with Crippen LogP contribution in [0.1, 0.15) is 16.5 Å². The van der Waals surface area contributed by atoms with Crippen LogP contribution in [0.3, 0.4) is 0 Å². The number of anilines is 1. The molecule has 0 heterocycles. The number of hydrogen-bond acceptors (Lipinski definition) is 6. The van der Waals surface area contributed by atoms with Crippen LogP contribution in [0.5, 0.6) is 0 Å². The summed E-state index contributed by atoms with van der Waals surface area (Å²) in [7, 11) is 0. The van der Waals surface area contributed by atoms with Crippen molar-refractivity contribution in [2.45, 2.75) is 5.38 Å². The van der Waals surface area contributed by atoms with E-state index in [4.69, 9.17) is 11.6 Å². The summed E-state index contributed by atoms with van der Waals surface area (Å²) >= 11 is 6.19. The number of hydrogen-bond donors (Lipinski definition) is 1. The van der Waals surface area contributed by atoms with Gasteiger partial charge in [0.2, 0.25) is 0 Å². The Morgan fingerprint density at radius 2 is 1.83 bits per heavy atom. The minimum absolute atomic E-state index is 0.0568. The van der Waals surface area contributed by atoms with Gasteiger partial charge in [0.05, 0.1) is 21.6 Å². The number of hydrazone groups is 1. The van der Waals surface area contributed by atoms with E-state index in [2.05, 4.69) is 10.5 Å². The molecule has 2 aromatic rings. The van der Waals surface area contributed by atoms with Crippen LogP contribution in [-0.4, -0.2) is 15.6 Å². The molecule has 116 valence electrons. The molecule has 0 saturated heterocycles. The molecule has 0 saturated carbocycles. The van der Waals surface area contributed by atoms with E-state index in [9.17, 15) is 20.2 Å². The van der Waals surface area contributed by atoms with E-state index in [1.54, 1.807) is 0 Å². The molecule has 3 rings (SSSR count). The first kappa shape index (κ1) is 14.9. The molecule has 1 N–H and O–H groups in total. The van der Waals surface area contributed by atoms with Crippen molar-refractivity contribution >= 4 is 34.4 Å². The van der Waals surface area contributed by atoms with E-state index in [1.165, 1.54) is 12.1 Å². The van der Waals surface area contributed by atoms with Crippen LogP contribution in [0.25, 0.3) is 0 Å². The van der Waals surface area contributed by atoms with Crippen molar-refractivity contribution in [3.8, 4) is 0 Å². The minimum Gasteiger partial charge on any atom is -0.271 e. The number of fused-ring (bicyclic) bond motifs is 1. The lowest BCUT2D eigenvalue weighted by atomic mass is 9.86. The van der Waals surface area contributed by atoms with Gasteiger partial charge in [0.1, 0.15) is 11.1 Å². The number of nitrogens with one attached hydrogen (secondary N) is 1. The third kappa shape index (κ3) is 2.59. The van der Waals surface area contributed by atoms with Gasteiger partial charge < -0.3 is 0 Å². The number of nitro groups is 2. The lowest BCUT2D eigenvalue weighted by molar-refractivity contribution is -0.393. The fourth-order valence-corrected chi connectivity index (χ4v) is 2.63. The quantitative estimate of drug-likeness (QED) is 0.522. The summed E-state index contributed by atoms with van der Waals surface area (Å²) in [5, 5.41) is 25.5. The number of nitrogens with zero attached hydrogens (tertiary/aromatic N) is 3. The Balaban J connectivity index is 1.91. The summed E-state index contributed by atoms with van der Waals surface area (Å²) in [5.74, 6) is 0. The van der Waals surface area contributed by atoms with Gasteiger partial charge >= 0.3 is 5.69 Å². The van der Waals surface area contributed by atoms with Crippen molar-refractivity contribution in [1.82, 2.24) is 0 Å². The fourth-order valence-electron chi connectivity index (χ4n) is 2.27. The molecule has 0 fully saturated rings. The van der Waals surface area contributed by atoms with Crippen molar-refractivity contribution in [2.24, 2.45) is 5.10 Å². The molecule has 0 unspecified atom stereocenters. The Morgan fingerprint density at radius 1 is 1.09 bits per heavy atom. The largest absolute Gasteiger partial charge is 0.301 e. The van der Waals surface area contributed by atoms with Crippen LogP contribution in [0, 0.1) is 20.2 Å². The number of benzene rings is 2. The molecular formula is C14H9ClN4O4. The summed E-state index contributed by atoms with van der Waals surface area (Å²) in [6.07, 6.45) is 0. The van der Waals surface area contributed by atoms with Crippen molar-refractivity contribution in [1.29, 1.82) is 0 Å². The standard InChI is InChI=1S/C14H9ClN4O4/c15-13-9-3-1-2-4-10(9)14(13)17-16-11-6-5-8(18(20)21)7-12(11)19(22)23/h1-7,13,16H/b17-14+/t13-/m1/s1. The average Bonchev–Trinajstić information content (AvgIpc) is 2.54. The molecule has 2 aromatic carbocycles. The van der Waals surface area contributed by atoms with E-state index < -0.39 is 20.9 Å². The molecule has 23 heavy (non-hydrogen) atoms. The normalized spacial score (nSPS) is 17.3. The Kier molecular flexibility index (Phi) is 3.67. The first-order valence-corrected chi connectivity index (χ1v) is 6.92. The van der Waals surface area contributed by atoms with Crippen LogP contribution >= 0.6 is 11.6 Å². The predicted octanol–water partition coefficient (Wildman–Crippen LogP) is 3.61. The maximum atomic E-state index is 11.1. The summed E-state index contributed by atoms with van der Waals surface area (Å²) in [6.45, 7) is 0. The Morgan fingerprint density at radius 3 is 2.52 bits per heavy atom. The summed E-state index contributed by atoms with van der Waals surface area (Å²) in [5.41, 5.74) is 4.21. The van der Waals surface area contributed by atoms with E-state index in [1.807, 2.05) is 24.3 Å². The van der Waals surface area contributed by atoms with Crippen molar-refractivity contribution in [3.63, 3.8) is 0 Å². The topological polar surface area (TPSA) is 111 Å². The number of nitro benzene ring substituents is 2. The minimum atomic E-state index is -0.706. The highest BCUT2D eigenvalue weighted by molar-refractivity contribution is 6.40. The van der Waals surface area contributed by atoms with E-state index in [0.717, 1.165) is 17.2 Å². The molecule has 1 atom stereocenters. The van der Waals surface area contributed by atoms with E-state index in [-0.39, 0.29) is 11.4 Å². The van der Waals surface area contributed by atoms with Gasteiger partial charge in [-0.2, -0.15) is 5.10 Å². The third-order valence-electron chi connectivity index (χ3n) is 3.44. The molecular weight excluding hydrogens is 324 g/mol. The zero-order chi connectivity index (χ0) is 16.6.